The number of benzene rings is 1. The lowest BCUT2D eigenvalue weighted by Crippen LogP contribution is -2.34. The van der Waals surface area contributed by atoms with Gasteiger partial charge in [0.1, 0.15) is 5.75 Å². The summed E-state index contributed by atoms with van der Waals surface area (Å²) in [5.74, 6) is -1.07. The zero-order valence-corrected chi connectivity index (χ0v) is 10.3. The number of carboxylic acids is 1. The SMILES string of the molecule is CCC(C(=O)O)c1ccc2c(c1)NC(=O)C(C)O2. The fourth-order valence-corrected chi connectivity index (χ4v) is 2.00. The molecule has 1 aliphatic heterocycles. The molecule has 1 aromatic rings. The Hall–Kier alpha value is -2.04. The van der Waals surface area contributed by atoms with E-state index in [2.05, 4.69) is 5.32 Å². The van der Waals surface area contributed by atoms with Crippen molar-refractivity contribution in [1.29, 1.82) is 0 Å². The Morgan fingerprint density at radius 2 is 2.28 bits per heavy atom. The Morgan fingerprint density at radius 1 is 1.56 bits per heavy atom. The quantitative estimate of drug-likeness (QED) is 0.858. The molecule has 0 aliphatic carbocycles. The van der Waals surface area contributed by atoms with Gasteiger partial charge < -0.3 is 15.2 Å². The van der Waals surface area contributed by atoms with Crippen LogP contribution in [-0.4, -0.2) is 23.1 Å². The number of carbonyl (C=O) groups is 2. The monoisotopic (exact) mass is 249 g/mol. The molecule has 1 aliphatic rings. The molecule has 2 rings (SSSR count). The van der Waals surface area contributed by atoms with E-state index in [1.54, 1.807) is 25.1 Å². The largest absolute Gasteiger partial charge is 0.481 e. The first-order valence-electron chi connectivity index (χ1n) is 5.87. The molecule has 0 fully saturated rings. The van der Waals surface area contributed by atoms with Crippen molar-refractivity contribution < 1.29 is 19.4 Å². The highest BCUT2D eigenvalue weighted by Crippen LogP contribution is 2.33. The molecule has 2 N–H and O–H groups in total. The van der Waals surface area contributed by atoms with E-state index in [0.717, 1.165) is 0 Å². The Balaban J connectivity index is 2.35. The second-order valence-electron chi connectivity index (χ2n) is 4.30. The summed E-state index contributed by atoms with van der Waals surface area (Å²) in [6, 6.07) is 5.10. The maximum absolute atomic E-state index is 11.5. The molecule has 0 saturated heterocycles. The van der Waals surface area contributed by atoms with Crippen molar-refractivity contribution in [2.24, 2.45) is 0 Å². The summed E-state index contributed by atoms with van der Waals surface area (Å²) in [7, 11) is 0. The van der Waals surface area contributed by atoms with E-state index >= 15 is 0 Å². The molecule has 0 radical (unpaired) electrons. The number of carboxylic acid groups (broad SMARTS) is 1. The maximum atomic E-state index is 11.5. The lowest BCUT2D eigenvalue weighted by Gasteiger charge is -2.24. The highest BCUT2D eigenvalue weighted by atomic mass is 16.5. The third-order valence-corrected chi connectivity index (χ3v) is 3.04. The Labute approximate surface area is 105 Å². The van der Waals surface area contributed by atoms with Gasteiger partial charge in [0.25, 0.3) is 5.91 Å². The lowest BCUT2D eigenvalue weighted by atomic mass is 9.96. The predicted octanol–water partition coefficient (Wildman–Crippen LogP) is 1.98. The topological polar surface area (TPSA) is 75.6 Å². The van der Waals surface area contributed by atoms with E-state index in [9.17, 15) is 9.59 Å². The van der Waals surface area contributed by atoms with Crippen LogP contribution < -0.4 is 10.1 Å². The summed E-state index contributed by atoms with van der Waals surface area (Å²) >= 11 is 0. The molecule has 1 amide bonds. The number of hydrogen-bond donors (Lipinski definition) is 2. The minimum absolute atomic E-state index is 0.219. The number of amides is 1. The molecule has 18 heavy (non-hydrogen) atoms. The van der Waals surface area contributed by atoms with Crippen molar-refractivity contribution in [3.63, 3.8) is 0 Å². The number of fused-ring (bicyclic) bond motifs is 1. The summed E-state index contributed by atoms with van der Waals surface area (Å²) in [5.41, 5.74) is 1.21. The number of nitrogens with one attached hydrogen (secondary N) is 1. The number of rotatable bonds is 3. The Bertz CT molecular complexity index is 498. The first-order chi connectivity index (χ1) is 8.52. The van der Waals surface area contributed by atoms with Crippen LogP contribution in [0.5, 0.6) is 5.75 Å². The van der Waals surface area contributed by atoms with E-state index in [-0.39, 0.29) is 5.91 Å². The van der Waals surface area contributed by atoms with Crippen LogP contribution in [0.2, 0.25) is 0 Å². The molecular weight excluding hydrogens is 234 g/mol. The fraction of sp³-hybridized carbons (Fsp3) is 0.385. The first kappa shape index (κ1) is 12.4. The Kier molecular flexibility index (Phi) is 3.23. The van der Waals surface area contributed by atoms with E-state index in [1.807, 2.05) is 6.92 Å². The van der Waals surface area contributed by atoms with Crippen molar-refractivity contribution in [3.8, 4) is 5.75 Å². The molecule has 96 valence electrons. The van der Waals surface area contributed by atoms with Gasteiger partial charge in [-0.05, 0) is 31.0 Å². The zero-order chi connectivity index (χ0) is 13.3. The Morgan fingerprint density at radius 3 is 2.89 bits per heavy atom. The highest BCUT2D eigenvalue weighted by Gasteiger charge is 2.25. The van der Waals surface area contributed by atoms with Gasteiger partial charge in [-0.1, -0.05) is 13.0 Å². The molecule has 0 aromatic heterocycles. The van der Waals surface area contributed by atoms with Crippen molar-refractivity contribution in [2.75, 3.05) is 5.32 Å². The summed E-state index contributed by atoms with van der Waals surface area (Å²) in [5, 5.41) is 11.8. The normalized spacial score (nSPS) is 19.4. The van der Waals surface area contributed by atoms with Crippen LogP contribution in [0.4, 0.5) is 5.69 Å². The molecule has 5 heteroatoms. The van der Waals surface area contributed by atoms with Crippen LogP contribution in [0.25, 0.3) is 0 Å². The van der Waals surface area contributed by atoms with Gasteiger partial charge >= 0.3 is 5.97 Å². The molecule has 0 bridgehead atoms. The minimum Gasteiger partial charge on any atom is -0.481 e. The molecule has 5 nitrogen and oxygen atoms in total. The lowest BCUT2D eigenvalue weighted by molar-refractivity contribution is -0.138. The molecular formula is C13H15NO4. The summed E-state index contributed by atoms with van der Waals surface area (Å²) < 4.78 is 5.41. The third kappa shape index (κ3) is 2.16. The number of hydrogen-bond acceptors (Lipinski definition) is 3. The van der Waals surface area contributed by atoms with Crippen molar-refractivity contribution in [3.05, 3.63) is 23.8 Å². The van der Waals surface area contributed by atoms with Crippen LogP contribution >= 0.6 is 0 Å². The molecule has 2 unspecified atom stereocenters. The molecule has 0 spiro atoms. The van der Waals surface area contributed by atoms with Crippen LogP contribution in [0.1, 0.15) is 31.7 Å². The smallest absolute Gasteiger partial charge is 0.310 e. The van der Waals surface area contributed by atoms with Crippen molar-refractivity contribution in [1.82, 2.24) is 0 Å². The van der Waals surface area contributed by atoms with Crippen LogP contribution in [0.3, 0.4) is 0 Å². The average Bonchev–Trinajstić information content (AvgIpc) is 2.31. The van der Waals surface area contributed by atoms with Crippen LogP contribution in [0.15, 0.2) is 18.2 Å². The number of anilines is 1. The second kappa shape index (κ2) is 4.68. The summed E-state index contributed by atoms with van der Waals surface area (Å²) in [6.45, 7) is 3.48. The first-order valence-corrected chi connectivity index (χ1v) is 5.87. The zero-order valence-electron chi connectivity index (χ0n) is 10.3. The maximum Gasteiger partial charge on any atom is 0.310 e. The standard InChI is InChI=1S/C13H15NO4/c1-3-9(13(16)17)8-4-5-11-10(6-8)14-12(15)7(2)18-11/h4-7,9H,3H2,1-2H3,(H,14,15)(H,16,17). The van der Waals surface area contributed by atoms with Gasteiger partial charge in [0, 0.05) is 0 Å². The number of aliphatic carboxylic acids is 1. The average molecular weight is 249 g/mol. The fourth-order valence-electron chi connectivity index (χ4n) is 2.00. The molecule has 2 atom stereocenters. The van der Waals surface area contributed by atoms with Gasteiger partial charge in [-0.3, -0.25) is 9.59 Å². The van der Waals surface area contributed by atoms with E-state index in [0.29, 0.717) is 23.4 Å². The highest BCUT2D eigenvalue weighted by molar-refractivity contribution is 5.97. The minimum atomic E-state index is -0.867. The van der Waals surface area contributed by atoms with Gasteiger partial charge in [0.15, 0.2) is 6.10 Å². The van der Waals surface area contributed by atoms with Crippen LogP contribution in [-0.2, 0) is 9.59 Å². The van der Waals surface area contributed by atoms with Gasteiger partial charge in [-0.2, -0.15) is 0 Å². The molecule has 1 aromatic carbocycles. The number of ether oxygens (including phenoxy) is 1. The third-order valence-electron chi connectivity index (χ3n) is 3.04. The molecule has 0 saturated carbocycles. The predicted molar refractivity (Wildman–Crippen MR) is 65.8 cm³/mol. The van der Waals surface area contributed by atoms with Crippen LogP contribution in [0, 0.1) is 0 Å². The molecule has 1 heterocycles. The van der Waals surface area contributed by atoms with Crippen molar-refractivity contribution >= 4 is 17.6 Å². The van der Waals surface area contributed by atoms with E-state index in [1.165, 1.54) is 0 Å². The van der Waals surface area contributed by atoms with E-state index in [4.69, 9.17) is 9.84 Å². The second-order valence-corrected chi connectivity index (χ2v) is 4.30. The van der Waals surface area contributed by atoms with Crippen molar-refractivity contribution in [2.45, 2.75) is 32.3 Å². The van der Waals surface area contributed by atoms with Gasteiger partial charge in [-0.25, -0.2) is 0 Å². The van der Waals surface area contributed by atoms with Gasteiger partial charge in [0.2, 0.25) is 0 Å². The summed E-state index contributed by atoms with van der Waals surface area (Å²) in [6.07, 6.45) is -0.0240. The van der Waals surface area contributed by atoms with E-state index < -0.39 is 18.0 Å². The van der Waals surface area contributed by atoms with Gasteiger partial charge in [-0.15, -0.1) is 0 Å². The number of carbonyl (C=O) groups excluding carboxylic acids is 1. The summed E-state index contributed by atoms with van der Waals surface area (Å²) in [4.78, 5) is 22.6. The van der Waals surface area contributed by atoms with Gasteiger partial charge in [0.05, 0.1) is 11.6 Å².